The number of aryl methyl sites for hydroxylation is 2. The maximum atomic E-state index is 12.9. The first-order valence-electron chi connectivity index (χ1n) is 11.3. The summed E-state index contributed by atoms with van der Waals surface area (Å²) in [4.78, 5) is 19.5. The van der Waals surface area contributed by atoms with Crippen LogP contribution in [0.3, 0.4) is 0 Å². The molecule has 0 unspecified atom stereocenters. The van der Waals surface area contributed by atoms with Gasteiger partial charge < -0.3 is 14.2 Å². The summed E-state index contributed by atoms with van der Waals surface area (Å²) in [5, 5.41) is 8.68. The summed E-state index contributed by atoms with van der Waals surface area (Å²) in [5.74, 6) is 0.677. The van der Waals surface area contributed by atoms with Crippen LogP contribution in [0.25, 0.3) is 11.3 Å². The van der Waals surface area contributed by atoms with E-state index in [2.05, 4.69) is 20.1 Å². The molecule has 0 aromatic carbocycles. The fourth-order valence-corrected chi connectivity index (χ4v) is 4.82. The van der Waals surface area contributed by atoms with E-state index in [-0.39, 0.29) is 5.56 Å². The standard InChI is InChI=1S/C24H29N5O3/c1-17-3-4-19(14-25-17)23-21(18(2)32-27-23)16-29-22(30)13-20(15-26-29)28-9-5-24(6-10-28)7-11-31-12-8-24/h3-4,13-15H,5-12,16H2,1-2H3. The first kappa shape index (κ1) is 20.9. The maximum absolute atomic E-state index is 12.9. The Hall–Kier alpha value is -3.00. The summed E-state index contributed by atoms with van der Waals surface area (Å²) in [6.45, 7) is 7.77. The third-order valence-corrected chi connectivity index (χ3v) is 7.08. The van der Waals surface area contributed by atoms with E-state index in [4.69, 9.17) is 9.26 Å². The minimum absolute atomic E-state index is 0.123. The lowest BCUT2D eigenvalue weighted by atomic mass is 9.72. The van der Waals surface area contributed by atoms with Gasteiger partial charge in [-0.25, -0.2) is 4.68 Å². The van der Waals surface area contributed by atoms with Crippen molar-refractivity contribution in [1.29, 1.82) is 0 Å². The van der Waals surface area contributed by atoms with Crippen LogP contribution in [0.2, 0.25) is 0 Å². The van der Waals surface area contributed by atoms with Gasteiger partial charge in [-0.05, 0) is 57.1 Å². The van der Waals surface area contributed by atoms with E-state index in [1.54, 1.807) is 18.5 Å². The number of pyridine rings is 1. The molecule has 3 aromatic rings. The highest BCUT2D eigenvalue weighted by molar-refractivity contribution is 5.62. The predicted octanol–water partition coefficient (Wildman–Crippen LogP) is 3.36. The summed E-state index contributed by atoms with van der Waals surface area (Å²) in [7, 11) is 0. The van der Waals surface area contributed by atoms with Crippen molar-refractivity contribution >= 4 is 5.69 Å². The normalized spacial score (nSPS) is 18.2. The molecule has 0 atom stereocenters. The van der Waals surface area contributed by atoms with Crippen LogP contribution in [0.5, 0.6) is 0 Å². The number of hydrogen-bond acceptors (Lipinski definition) is 7. The summed E-state index contributed by atoms with van der Waals surface area (Å²) in [6.07, 6.45) is 8.17. The van der Waals surface area contributed by atoms with Gasteiger partial charge in [0, 0.05) is 55.4 Å². The smallest absolute Gasteiger partial charge is 0.269 e. The molecule has 168 valence electrons. The predicted molar refractivity (Wildman–Crippen MR) is 121 cm³/mol. The van der Waals surface area contributed by atoms with E-state index in [1.165, 1.54) is 4.68 Å². The number of nitrogens with zero attached hydrogens (tertiary/aromatic N) is 5. The number of rotatable bonds is 4. The van der Waals surface area contributed by atoms with Crippen molar-refractivity contribution in [3.63, 3.8) is 0 Å². The van der Waals surface area contributed by atoms with Crippen LogP contribution >= 0.6 is 0 Å². The highest BCUT2D eigenvalue weighted by Gasteiger charge is 2.36. The summed E-state index contributed by atoms with van der Waals surface area (Å²) in [6, 6.07) is 5.60. The van der Waals surface area contributed by atoms with E-state index < -0.39 is 0 Å². The fourth-order valence-electron chi connectivity index (χ4n) is 4.82. The molecule has 0 saturated carbocycles. The molecule has 2 saturated heterocycles. The Balaban J connectivity index is 1.32. The largest absolute Gasteiger partial charge is 0.381 e. The van der Waals surface area contributed by atoms with Crippen molar-refractivity contribution in [2.24, 2.45) is 5.41 Å². The lowest BCUT2D eigenvalue weighted by Crippen LogP contribution is -2.43. The van der Waals surface area contributed by atoms with Gasteiger partial charge in [-0.1, -0.05) is 5.16 Å². The Kier molecular flexibility index (Phi) is 5.55. The van der Waals surface area contributed by atoms with E-state index in [0.717, 1.165) is 74.5 Å². The quantitative estimate of drug-likeness (QED) is 0.621. The first-order chi connectivity index (χ1) is 15.5. The van der Waals surface area contributed by atoms with Crippen LogP contribution in [0.4, 0.5) is 5.69 Å². The molecule has 1 spiro atoms. The maximum Gasteiger partial charge on any atom is 0.269 e. The Morgan fingerprint density at radius 1 is 1.06 bits per heavy atom. The van der Waals surface area contributed by atoms with Gasteiger partial charge in [-0.15, -0.1) is 0 Å². The van der Waals surface area contributed by atoms with E-state index in [9.17, 15) is 4.79 Å². The molecule has 5 heterocycles. The number of aromatic nitrogens is 4. The zero-order chi connectivity index (χ0) is 22.1. The van der Waals surface area contributed by atoms with Gasteiger partial charge in [-0.3, -0.25) is 9.78 Å². The SMILES string of the molecule is Cc1ccc(-c2noc(C)c2Cn2ncc(N3CCC4(CCOCC4)CC3)cc2=O)cn1. The number of hydrogen-bond donors (Lipinski definition) is 0. The molecule has 8 heteroatoms. The average Bonchev–Trinajstić information content (AvgIpc) is 3.17. The van der Waals surface area contributed by atoms with Crippen LogP contribution < -0.4 is 10.5 Å². The molecule has 8 nitrogen and oxygen atoms in total. The zero-order valence-corrected chi connectivity index (χ0v) is 18.7. The second-order valence-corrected chi connectivity index (χ2v) is 9.06. The first-order valence-corrected chi connectivity index (χ1v) is 11.3. The average molecular weight is 436 g/mol. The molecule has 0 aliphatic carbocycles. The molecule has 0 bridgehead atoms. The number of anilines is 1. The van der Waals surface area contributed by atoms with Gasteiger partial charge in [-0.2, -0.15) is 5.10 Å². The second kappa shape index (κ2) is 8.50. The highest BCUT2D eigenvalue weighted by Crippen LogP contribution is 2.41. The van der Waals surface area contributed by atoms with Gasteiger partial charge in [0.05, 0.1) is 18.4 Å². The zero-order valence-electron chi connectivity index (χ0n) is 18.7. The van der Waals surface area contributed by atoms with Crippen molar-refractivity contribution in [3.8, 4) is 11.3 Å². The van der Waals surface area contributed by atoms with E-state index in [1.807, 2.05) is 26.0 Å². The monoisotopic (exact) mass is 435 g/mol. The summed E-state index contributed by atoms with van der Waals surface area (Å²) < 4.78 is 12.4. The Morgan fingerprint density at radius 3 is 2.53 bits per heavy atom. The van der Waals surface area contributed by atoms with Gasteiger partial charge in [0.25, 0.3) is 5.56 Å². The van der Waals surface area contributed by atoms with Crippen LogP contribution in [-0.2, 0) is 11.3 Å². The third kappa shape index (κ3) is 4.07. The van der Waals surface area contributed by atoms with Crippen LogP contribution in [0, 0.1) is 19.3 Å². The molecular formula is C24H29N5O3. The molecule has 2 aliphatic heterocycles. The minimum atomic E-state index is -0.123. The molecule has 2 aliphatic rings. The lowest BCUT2D eigenvalue weighted by molar-refractivity contribution is 0.00211. The molecule has 32 heavy (non-hydrogen) atoms. The molecular weight excluding hydrogens is 406 g/mol. The highest BCUT2D eigenvalue weighted by atomic mass is 16.5. The van der Waals surface area contributed by atoms with E-state index in [0.29, 0.717) is 23.4 Å². The van der Waals surface area contributed by atoms with Gasteiger partial charge in [0.1, 0.15) is 11.5 Å². The third-order valence-electron chi connectivity index (χ3n) is 7.08. The van der Waals surface area contributed by atoms with Crippen molar-refractivity contribution in [3.05, 3.63) is 58.0 Å². The molecule has 2 fully saturated rings. The van der Waals surface area contributed by atoms with Crippen LogP contribution in [0.1, 0.15) is 42.7 Å². The van der Waals surface area contributed by atoms with Crippen molar-refractivity contribution < 1.29 is 9.26 Å². The van der Waals surface area contributed by atoms with Crippen LogP contribution in [-0.4, -0.2) is 46.2 Å². The summed E-state index contributed by atoms with van der Waals surface area (Å²) >= 11 is 0. The molecule has 0 amide bonds. The van der Waals surface area contributed by atoms with Crippen LogP contribution in [0.15, 0.2) is 39.9 Å². The Labute approximate surface area is 187 Å². The van der Waals surface area contributed by atoms with Crippen molar-refractivity contribution in [1.82, 2.24) is 19.9 Å². The van der Waals surface area contributed by atoms with Gasteiger partial charge in [0.2, 0.25) is 0 Å². The Bertz CT molecular complexity index is 1140. The molecule has 0 N–H and O–H groups in total. The summed E-state index contributed by atoms with van der Waals surface area (Å²) in [5.41, 5.74) is 4.54. The minimum Gasteiger partial charge on any atom is -0.381 e. The molecule has 3 aromatic heterocycles. The van der Waals surface area contributed by atoms with Gasteiger partial charge in [0.15, 0.2) is 0 Å². The number of ether oxygens (including phenoxy) is 1. The van der Waals surface area contributed by atoms with Gasteiger partial charge >= 0.3 is 0 Å². The van der Waals surface area contributed by atoms with Crippen molar-refractivity contribution in [2.45, 2.75) is 46.1 Å². The molecule has 0 radical (unpaired) electrons. The fraction of sp³-hybridized carbons (Fsp3) is 0.500. The van der Waals surface area contributed by atoms with E-state index >= 15 is 0 Å². The number of piperidine rings is 1. The molecule has 5 rings (SSSR count). The Morgan fingerprint density at radius 2 is 1.84 bits per heavy atom. The topological polar surface area (TPSA) is 86.3 Å². The second-order valence-electron chi connectivity index (χ2n) is 9.06. The van der Waals surface area contributed by atoms with Crippen molar-refractivity contribution in [2.75, 3.05) is 31.2 Å². The lowest BCUT2D eigenvalue weighted by Gasteiger charge is -2.44.